The number of piperidine rings is 1. The number of hydrogen-bond donors (Lipinski definition) is 0. The van der Waals surface area contributed by atoms with E-state index in [4.69, 9.17) is 0 Å². The summed E-state index contributed by atoms with van der Waals surface area (Å²) in [6, 6.07) is 17.7. The van der Waals surface area contributed by atoms with Crippen LogP contribution in [-0.4, -0.2) is 45.1 Å². The van der Waals surface area contributed by atoms with Gasteiger partial charge in [-0.25, -0.2) is 13.8 Å². The molecule has 1 aliphatic heterocycles. The smallest absolute Gasteiger partial charge is 0.266 e. The van der Waals surface area contributed by atoms with Gasteiger partial charge in [0.2, 0.25) is 0 Å². The van der Waals surface area contributed by atoms with Crippen LogP contribution in [0.2, 0.25) is 0 Å². The molecule has 0 saturated carbocycles. The zero-order valence-electron chi connectivity index (χ0n) is 19.8. The number of benzene rings is 2. The second-order valence-corrected chi connectivity index (χ2v) is 10.3. The van der Waals surface area contributed by atoms with Crippen LogP contribution in [0.15, 0.2) is 66.9 Å². The first kappa shape index (κ1) is 24.2. The lowest BCUT2D eigenvalue weighted by Gasteiger charge is -2.39. The van der Waals surface area contributed by atoms with Gasteiger partial charge in [0.05, 0.1) is 16.2 Å². The first-order valence-electron chi connectivity index (χ1n) is 11.9. The highest BCUT2D eigenvalue weighted by Gasteiger charge is 2.43. The fourth-order valence-corrected chi connectivity index (χ4v) is 5.70. The second kappa shape index (κ2) is 9.85. The predicted octanol–water partition coefficient (Wildman–Crippen LogP) is 6.57. The SMILES string of the molecule is Cc1nc(-c2ccccc2)c(C(=O)N2CCC(F)(F)CC2CCC(=O)c2cccc3cccnc23)s1. The number of thiazole rings is 1. The maximum absolute atomic E-state index is 14.5. The number of rotatable bonds is 6. The summed E-state index contributed by atoms with van der Waals surface area (Å²) in [4.78, 5) is 37.6. The fraction of sp³-hybridized carbons (Fsp3) is 0.286. The third-order valence-corrected chi connectivity index (χ3v) is 7.53. The number of fused-ring (bicyclic) bond motifs is 1. The Labute approximate surface area is 211 Å². The van der Waals surface area contributed by atoms with Crippen molar-refractivity contribution in [2.75, 3.05) is 6.54 Å². The van der Waals surface area contributed by atoms with E-state index in [9.17, 15) is 18.4 Å². The predicted molar refractivity (Wildman–Crippen MR) is 137 cm³/mol. The van der Waals surface area contributed by atoms with Crippen LogP contribution in [0.25, 0.3) is 22.2 Å². The number of halogens is 2. The Kier molecular flexibility index (Phi) is 6.62. The van der Waals surface area contributed by atoms with Gasteiger partial charge in [-0.15, -0.1) is 11.3 Å². The Morgan fingerprint density at radius 3 is 2.67 bits per heavy atom. The molecule has 1 fully saturated rings. The molecule has 0 spiro atoms. The summed E-state index contributed by atoms with van der Waals surface area (Å²) in [5, 5.41) is 1.58. The molecule has 184 valence electrons. The number of ketones is 1. The van der Waals surface area contributed by atoms with Crippen LogP contribution in [0.5, 0.6) is 0 Å². The first-order chi connectivity index (χ1) is 17.3. The van der Waals surface area contributed by atoms with Crippen molar-refractivity contribution < 1.29 is 18.4 Å². The van der Waals surface area contributed by atoms with E-state index in [2.05, 4.69) is 9.97 Å². The van der Waals surface area contributed by atoms with Gasteiger partial charge in [0, 0.05) is 54.6 Å². The van der Waals surface area contributed by atoms with Gasteiger partial charge in [-0.1, -0.05) is 48.5 Å². The van der Waals surface area contributed by atoms with E-state index in [0.717, 1.165) is 16.0 Å². The van der Waals surface area contributed by atoms with Crippen molar-refractivity contribution in [3.05, 3.63) is 82.3 Å². The number of aromatic nitrogens is 2. The Bertz CT molecular complexity index is 1420. The molecule has 5 rings (SSSR count). The minimum atomic E-state index is -2.88. The van der Waals surface area contributed by atoms with Gasteiger partial charge >= 0.3 is 0 Å². The monoisotopic (exact) mass is 505 g/mol. The van der Waals surface area contributed by atoms with Crippen LogP contribution >= 0.6 is 11.3 Å². The van der Waals surface area contributed by atoms with Gasteiger partial charge in [-0.05, 0) is 25.5 Å². The van der Waals surface area contributed by atoms with E-state index in [0.29, 0.717) is 21.7 Å². The number of amides is 1. The Morgan fingerprint density at radius 1 is 1.08 bits per heavy atom. The minimum absolute atomic E-state index is 0.0491. The molecule has 4 aromatic rings. The van der Waals surface area contributed by atoms with Crippen LogP contribution in [0.3, 0.4) is 0 Å². The number of carbonyl (C=O) groups is 2. The van der Waals surface area contributed by atoms with Crippen LogP contribution in [0.4, 0.5) is 8.78 Å². The van der Waals surface area contributed by atoms with Crippen molar-refractivity contribution >= 4 is 33.9 Å². The van der Waals surface area contributed by atoms with Gasteiger partial charge in [-0.3, -0.25) is 14.6 Å². The quantitative estimate of drug-likeness (QED) is 0.278. The average Bonchev–Trinajstić information content (AvgIpc) is 3.28. The Hall–Kier alpha value is -3.52. The Balaban J connectivity index is 1.39. The number of pyridine rings is 1. The molecule has 2 aromatic heterocycles. The summed E-state index contributed by atoms with van der Waals surface area (Å²) >= 11 is 1.27. The largest absolute Gasteiger partial charge is 0.334 e. The van der Waals surface area contributed by atoms with Crippen LogP contribution in [-0.2, 0) is 0 Å². The summed E-state index contributed by atoms with van der Waals surface area (Å²) in [6.45, 7) is 1.76. The summed E-state index contributed by atoms with van der Waals surface area (Å²) in [5.74, 6) is -3.35. The highest BCUT2D eigenvalue weighted by Crippen LogP contribution is 2.37. The van der Waals surface area contributed by atoms with Crippen molar-refractivity contribution in [2.24, 2.45) is 0 Å². The number of aryl methyl sites for hydroxylation is 1. The summed E-state index contributed by atoms with van der Waals surface area (Å²) in [7, 11) is 0. The van der Waals surface area contributed by atoms with E-state index in [1.165, 1.54) is 16.2 Å². The first-order valence-corrected chi connectivity index (χ1v) is 12.7. The maximum Gasteiger partial charge on any atom is 0.266 e. The molecule has 0 aliphatic carbocycles. The molecule has 1 atom stereocenters. The standard InChI is InChI=1S/C28H25F2N3O2S/c1-18-32-25(20-7-3-2-4-8-20)26(36-18)27(35)33-16-14-28(29,30)17-21(33)12-13-23(34)22-11-5-9-19-10-6-15-31-24(19)22/h2-11,15,21H,12-14,16-17H2,1H3. The number of carbonyl (C=O) groups excluding carboxylic acids is 2. The number of likely N-dealkylation sites (tertiary alicyclic amines) is 1. The molecule has 1 amide bonds. The third-order valence-electron chi connectivity index (χ3n) is 6.57. The zero-order chi connectivity index (χ0) is 25.3. The van der Waals surface area contributed by atoms with E-state index in [-0.39, 0.29) is 31.1 Å². The molecule has 1 unspecified atom stereocenters. The lowest BCUT2D eigenvalue weighted by Crippen LogP contribution is -2.49. The summed E-state index contributed by atoms with van der Waals surface area (Å²) < 4.78 is 28.9. The van der Waals surface area contributed by atoms with Crippen LogP contribution < -0.4 is 0 Å². The zero-order valence-corrected chi connectivity index (χ0v) is 20.6. The highest BCUT2D eigenvalue weighted by molar-refractivity contribution is 7.14. The number of para-hydroxylation sites is 1. The molecule has 2 aromatic carbocycles. The van der Waals surface area contributed by atoms with Crippen LogP contribution in [0, 0.1) is 6.92 Å². The lowest BCUT2D eigenvalue weighted by molar-refractivity contribution is -0.0709. The van der Waals surface area contributed by atoms with Crippen molar-refractivity contribution in [3.8, 4) is 11.3 Å². The molecular weight excluding hydrogens is 480 g/mol. The van der Waals surface area contributed by atoms with Crippen molar-refractivity contribution in [1.29, 1.82) is 0 Å². The van der Waals surface area contributed by atoms with Gasteiger partial charge in [0.25, 0.3) is 11.8 Å². The molecule has 36 heavy (non-hydrogen) atoms. The minimum Gasteiger partial charge on any atom is -0.334 e. The normalized spacial score (nSPS) is 17.3. The van der Waals surface area contributed by atoms with Gasteiger partial charge < -0.3 is 4.90 Å². The molecular formula is C28H25F2N3O2S. The number of Topliss-reactive ketones (excluding diaryl/α,β-unsaturated/α-hetero) is 1. The lowest BCUT2D eigenvalue weighted by atomic mass is 9.92. The maximum atomic E-state index is 14.5. The van der Waals surface area contributed by atoms with E-state index >= 15 is 0 Å². The third kappa shape index (κ3) is 4.91. The van der Waals surface area contributed by atoms with Crippen LogP contribution in [0.1, 0.15) is 50.7 Å². The van der Waals surface area contributed by atoms with Gasteiger partial charge in [0.1, 0.15) is 4.88 Å². The van der Waals surface area contributed by atoms with Gasteiger partial charge in [0.15, 0.2) is 5.78 Å². The molecule has 1 saturated heterocycles. The molecule has 8 heteroatoms. The van der Waals surface area contributed by atoms with E-state index in [1.807, 2.05) is 49.4 Å². The Morgan fingerprint density at radius 2 is 1.86 bits per heavy atom. The number of hydrogen-bond acceptors (Lipinski definition) is 5. The summed E-state index contributed by atoms with van der Waals surface area (Å²) in [6.07, 6.45) is 0.977. The van der Waals surface area contributed by atoms with E-state index < -0.39 is 24.8 Å². The fourth-order valence-electron chi connectivity index (χ4n) is 4.80. The average molecular weight is 506 g/mol. The highest BCUT2D eigenvalue weighted by atomic mass is 32.1. The number of nitrogens with zero attached hydrogens (tertiary/aromatic N) is 3. The molecule has 3 heterocycles. The van der Waals surface area contributed by atoms with Crippen molar-refractivity contribution in [3.63, 3.8) is 0 Å². The van der Waals surface area contributed by atoms with E-state index in [1.54, 1.807) is 24.4 Å². The summed E-state index contributed by atoms with van der Waals surface area (Å²) in [5.41, 5.74) is 2.44. The molecule has 5 nitrogen and oxygen atoms in total. The van der Waals surface area contributed by atoms with Crippen molar-refractivity contribution in [2.45, 2.75) is 44.6 Å². The molecule has 0 bridgehead atoms. The second-order valence-electron chi connectivity index (χ2n) is 9.08. The van der Waals surface area contributed by atoms with Crippen molar-refractivity contribution in [1.82, 2.24) is 14.9 Å². The molecule has 1 aliphatic rings. The van der Waals surface area contributed by atoms with Gasteiger partial charge in [-0.2, -0.15) is 0 Å². The molecule has 0 N–H and O–H groups in total. The number of alkyl halides is 2. The topological polar surface area (TPSA) is 63.2 Å². The molecule has 0 radical (unpaired) electrons.